The Balaban J connectivity index is 1.79. The van der Waals surface area contributed by atoms with Crippen molar-refractivity contribution in [2.75, 3.05) is 23.5 Å². The predicted molar refractivity (Wildman–Crippen MR) is 101 cm³/mol. The van der Waals surface area contributed by atoms with Gasteiger partial charge in [-0.15, -0.1) is 0 Å². The van der Waals surface area contributed by atoms with Gasteiger partial charge in [0.25, 0.3) is 0 Å². The molecule has 0 atom stereocenters. The van der Waals surface area contributed by atoms with Crippen LogP contribution >= 0.6 is 0 Å². The van der Waals surface area contributed by atoms with Crippen LogP contribution in [0.25, 0.3) is 0 Å². The van der Waals surface area contributed by atoms with E-state index in [1.807, 2.05) is 25.1 Å². The summed E-state index contributed by atoms with van der Waals surface area (Å²) in [5.41, 5.74) is 9.35. The van der Waals surface area contributed by atoms with Gasteiger partial charge in [0.2, 0.25) is 0 Å². The number of methoxy groups -OCH3 is 1. The van der Waals surface area contributed by atoms with Gasteiger partial charge in [0.05, 0.1) is 12.8 Å². The first kappa shape index (κ1) is 17.5. The number of nitrogens with two attached hydrogens (primary N) is 1. The SMILES string of the molecule is COc1ccc(C)cc1Nc1ncnc(NCc2ccc(F)cc2)c1N. The van der Waals surface area contributed by atoms with Crippen LogP contribution in [-0.4, -0.2) is 17.1 Å². The van der Waals surface area contributed by atoms with Crippen LogP contribution < -0.4 is 21.1 Å². The summed E-state index contributed by atoms with van der Waals surface area (Å²) in [5, 5.41) is 6.33. The normalized spacial score (nSPS) is 10.4. The van der Waals surface area contributed by atoms with Crippen molar-refractivity contribution in [2.24, 2.45) is 0 Å². The number of benzene rings is 2. The molecule has 0 radical (unpaired) electrons. The quantitative estimate of drug-likeness (QED) is 0.624. The maximum Gasteiger partial charge on any atom is 0.159 e. The largest absolute Gasteiger partial charge is 0.495 e. The summed E-state index contributed by atoms with van der Waals surface area (Å²) < 4.78 is 18.3. The van der Waals surface area contributed by atoms with Gasteiger partial charge in [-0.25, -0.2) is 14.4 Å². The number of aromatic nitrogens is 2. The number of nitrogen functional groups attached to an aromatic ring is 1. The van der Waals surface area contributed by atoms with Crippen LogP contribution in [0, 0.1) is 12.7 Å². The lowest BCUT2D eigenvalue weighted by molar-refractivity contribution is 0.416. The van der Waals surface area contributed by atoms with E-state index in [0.29, 0.717) is 29.6 Å². The van der Waals surface area contributed by atoms with Gasteiger partial charge in [0.1, 0.15) is 23.6 Å². The zero-order chi connectivity index (χ0) is 18.5. The first-order chi connectivity index (χ1) is 12.6. The molecule has 134 valence electrons. The third-order valence-corrected chi connectivity index (χ3v) is 3.87. The van der Waals surface area contributed by atoms with Crippen molar-refractivity contribution in [1.29, 1.82) is 0 Å². The molecular formula is C19H20FN5O. The van der Waals surface area contributed by atoms with Crippen molar-refractivity contribution in [3.63, 3.8) is 0 Å². The predicted octanol–water partition coefficient (Wildman–Crippen LogP) is 3.87. The average Bonchev–Trinajstić information content (AvgIpc) is 2.64. The molecule has 0 bridgehead atoms. The maximum atomic E-state index is 13.0. The lowest BCUT2D eigenvalue weighted by atomic mass is 10.2. The van der Waals surface area contributed by atoms with Gasteiger partial charge in [-0.3, -0.25) is 0 Å². The Bertz CT molecular complexity index is 899. The molecule has 1 aromatic heterocycles. The van der Waals surface area contributed by atoms with E-state index in [9.17, 15) is 4.39 Å². The van der Waals surface area contributed by atoms with Crippen molar-refractivity contribution < 1.29 is 9.13 Å². The molecule has 0 saturated carbocycles. The Kier molecular flexibility index (Phi) is 5.17. The molecule has 0 amide bonds. The fourth-order valence-electron chi connectivity index (χ4n) is 2.47. The van der Waals surface area contributed by atoms with Gasteiger partial charge >= 0.3 is 0 Å². The molecule has 0 unspecified atom stereocenters. The number of aryl methyl sites for hydroxylation is 1. The highest BCUT2D eigenvalue weighted by molar-refractivity contribution is 5.79. The first-order valence-corrected chi connectivity index (χ1v) is 8.07. The highest BCUT2D eigenvalue weighted by Crippen LogP contribution is 2.31. The summed E-state index contributed by atoms with van der Waals surface area (Å²) in [6.45, 7) is 2.46. The van der Waals surface area contributed by atoms with Crippen LogP contribution in [0.2, 0.25) is 0 Å². The fourth-order valence-corrected chi connectivity index (χ4v) is 2.47. The lowest BCUT2D eigenvalue weighted by Gasteiger charge is -2.15. The van der Waals surface area contributed by atoms with Crippen LogP contribution in [0.15, 0.2) is 48.8 Å². The van der Waals surface area contributed by atoms with E-state index in [-0.39, 0.29) is 5.82 Å². The van der Waals surface area contributed by atoms with Gasteiger partial charge in [0, 0.05) is 6.54 Å². The van der Waals surface area contributed by atoms with Crippen LogP contribution in [0.5, 0.6) is 5.75 Å². The van der Waals surface area contributed by atoms with Gasteiger partial charge in [-0.05, 0) is 42.3 Å². The Hall–Kier alpha value is -3.35. The molecule has 0 saturated heterocycles. The third kappa shape index (κ3) is 4.00. The van der Waals surface area contributed by atoms with Crippen LogP contribution in [0.4, 0.5) is 27.4 Å². The van der Waals surface area contributed by atoms with Crippen molar-refractivity contribution in [2.45, 2.75) is 13.5 Å². The molecule has 0 aliphatic heterocycles. The summed E-state index contributed by atoms with van der Waals surface area (Å²) >= 11 is 0. The second-order valence-corrected chi connectivity index (χ2v) is 5.79. The number of anilines is 4. The molecule has 0 spiro atoms. The molecule has 7 heteroatoms. The van der Waals surface area contributed by atoms with E-state index in [1.165, 1.54) is 18.5 Å². The average molecular weight is 353 g/mol. The van der Waals surface area contributed by atoms with E-state index >= 15 is 0 Å². The van der Waals surface area contributed by atoms with E-state index in [0.717, 1.165) is 16.8 Å². The van der Waals surface area contributed by atoms with Crippen LogP contribution in [0.1, 0.15) is 11.1 Å². The molecule has 0 fully saturated rings. The molecule has 3 aromatic rings. The third-order valence-electron chi connectivity index (χ3n) is 3.87. The number of nitrogens with zero attached hydrogens (tertiary/aromatic N) is 2. The summed E-state index contributed by atoms with van der Waals surface area (Å²) in [6.07, 6.45) is 1.42. The minimum absolute atomic E-state index is 0.270. The minimum atomic E-state index is -0.270. The summed E-state index contributed by atoms with van der Waals surface area (Å²) in [7, 11) is 1.61. The smallest absolute Gasteiger partial charge is 0.159 e. The van der Waals surface area contributed by atoms with Crippen molar-refractivity contribution in [3.8, 4) is 5.75 Å². The number of halogens is 1. The highest BCUT2D eigenvalue weighted by Gasteiger charge is 2.11. The van der Waals surface area contributed by atoms with Gasteiger partial charge in [0.15, 0.2) is 11.6 Å². The molecule has 0 aliphatic carbocycles. The fraction of sp³-hybridized carbons (Fsp3) is 0.158. The monoisotopic (exact) mass is 353 g/mol. The highest BCUT2D eigenvalue weighted by atomic mass is 19.1. The Labute approximate surface area is 151 Å². The zero-order valence-electron chi connectivity index (χ0n) is 14.6. The lowest BCUT2D eigenvalue weighted by Crippen LogP contribution is -2.08. The minimum Gasteiger partial charge on any atom is -0.495 e. The first-order valence-electron chi connectivity index (χ1n) is 8.07. The Morgan fingerprint density at radius 1 is 1.08 bits per heavy atom. The summed E-state index contributed by atoms with van der Waals surface area (Å²) in [4.78, 5) is 8.39. The molecule has 0 aliphatic rings. The van der Waals surface area contributed by atoms with Gasteiger partial charge in [-0.2, -0.15) is 0 Å². The maximum absolute atomic E-state index is 13.0. The van der Waals surface area contributed by atoms with Gasteiger partial charge < -0.3 is 21.1 Å². The Morgan fingerprint density at radius 3 is 2.54 bits per heavy atom. The van der Waals surface area contributed by atoms with Crippen molar-refractivity contribution in [3.05, 3.63) is 65.7 Å². The van der Waals surface area contributed by atoms with E-state index < -0.39 is 0 Å². The molecule has 6 nitrogen and oxygen atoms in total. The summed E-state index contributed by atoms with van der Waals surface area (Å²) in [5.74, 6) is 1.40. The molecule has 3 rings (SSSR count). The standard InChI is InChI=1S/C19H20FN5O/c1-12-3-8-16(26-2)15(9-12)25-19-17(21)18(23-11-24-19)22-10-13-4-6-14(20)7-5-13/h3-9,11H,10,21H2,1-2H3,(H2,22,23,24,25). The molecular weight excluding hydrogens is 333 g/mol. The molecule has 1 heterocycles. The number of hydrogen-bond donors (Lipinski definition) is 3. The van der Waals surface area contributed by atoms with Crippen LogP contribution in [-0.2, 0) is 6.54 Å². The zero-order valence-corrected chi connectivity index (χ0v) is 14.6. The number of hydrogen-bond acceptors (Lipinski definition) is 6. The van der Waals surface area contributed by atoms with Crippen molar-refractivity contribution in [1.82, 2.24) is 9.97 Å². The van der Waals surface area contributed by atoms with Gasteiger partial charge in [-0.1, -0.05) is 18.2 Å². The topological polar surface area (TPSA) is 85.1 Å². The summed E-state index contributed by atoms with van der Waals surface area (Å²) in [6, 6.07) is 12.0. The molecule has 4 N–H and O–H groups in total. The molecule has 2 aromatic carbocycles. The Morgan fingerprint density at radius 2 is 1.81 bits per heavy atom. The van der Waals surface area contributed by atoms with E-state index in [2.05, 4.69) is 20.6 Å². The van der Waals surface area contributed by atoms with E-state index in [4.69, 9.17) is 10.5 Å². The van der Waals surface area contributed by atoms with E-state index in [1.54, 1.807) is 19.2 Å². The number of ether oxygens (including phenoxy) is 1. The number of nitrogens with one attached hydrogen (secondary N) is 2. The van der Waals surface area contributed by atoms with Crippen LogP contribution in [0.3, 0.4) is 0 Å². The second kappa shape index (κ2) is 7.69. The number of rotatable bonds is 6. The molecule has 26 heavy (non-hydrogen) atoms. The second-order valence-electron chi connectivity index (χ2n) is 5.79. The van der Waals surface area contributed by atoms with Crippen molar-refractivity contribution >= 4 is 23.0 Å².